The van der Waals surface area contributed by atoms with E-state index in [1.54, 1.807) is 16.7 Å². The van der Waals surface area contributed by atoms with Crippen molar-refractivity contribution >= 4 is 38.6 Å². The summed E-state index contributed by atoms with van der Waals surface area (Å²) in [5.41, 5.74) is 24.7. The number of fused-ring (bicyclic) bond motifs is 8. The van der Waals surface area contributed by atoms with Gasteiger partial charge in [0.2, 0.25) is 0 Å². The largest absolute Gasteiger partial charge is 0.494 e. The molecule has 15 rings (SSSR count). The zero-order valence-corrected chi connectivity index (χ0v) is 52.2. The second-order valence-corrected chi connectivity index (χ2v) is 26.6. The van der Waals surface area contributed by atoms with E-state index in [1.807, 2.05) is 6.08 Å². The first-order chi connectivity index (χ1) is 43.9. The van der Waals surface area contributed by atoms with Gasteiger partial charge in [0, 0.05) is 61.9 Å². The van der Waals surface area contributed by atoms with Crippen LogP contribution in [0.3, 0.4) is 0 Å². The second-order valence-electron chi connectivity index (χ2n) is 26.6. The van der Waals surface area contributed by atoms with Crippen molar-refractivity contribution in [2.45, 2.75) is 115 Å². The standard InChI is InChI=1S/C86H84N2O/c1-5-59-26-30-63(31-27-59)65-38-46-73(47-39-65)89-57-61(7-3)18-16-17-53-86-79-24-15-14-23-74(79)75-49-52-83(84(85(75)86)76-48-25-58(4)54-80(76)86)87(71-42-34-64(35-43-71)62-19-10-8-11-20-62)72-44-36-67(37-45-72)69-41-51-82-78(56-69)77-55-68(66-32-28-60(6-2)29-33-66)40-50-81(77)88(82)70-21-12-9-13-22-70/h5-6,8-13,15,19-21,24-26,28,30-34,36-38,40-48,50-52,54-56,59-61,64-65,70,75H,1-2,7,14,16-18,22-23,27,29,35,39,49,53,57H2,3-4H3. The van der Waals surface area contributed by atoms with Gasteiger partial charge in [0.15, 0.2) is 0 Å². The summed E-state index contributed by atoms with van der Waals surface area (Å²) in [7, 11) is 0. The first-order valence-corrected chi connectivity index (χ1v) is 33.6. The van der Waals surface area contributed by atoms with Crippen LogP contribution in [0.2, 0.25) is 0 Å². The Morgan fingerprint density at radius 3 is 2.16 bits per heavy atom. The number of benzene rings is 5. The van der Waals surface area contributed by atoms with Crippen molar-refractivity contribution in [3.05, 3.63) is 317 Å². The molecule has 89 heavy (non-hydrogen) atoms. The number of hydrogen-bond acceptors (Lipinski definition) is 2. The molecule has 0 radical (unpaired) electrons. The Balaban J connectivity index is 0.753. The monoisotopic (exact) mass is 1160 g/mol. The van der Waals surface area contributed by atoms with Crippen molar-refractivity contribution in [2.24, 2.45) is 29.6 Å². The van der Waals surface area contributed by atoms with E-state index in [0.717, 1.165) is 76.6 Å². The lowest BCUT2D eigenvalue weighted by Crippen LogP contribution is -2.29. The van der Waals surface area contributed by atoms with Crippen molar-refractivity contribution < 1.29 is 4.74 Å². The summed E-state index contributed by atoms with van der Waals surface area (Å²) in [5, 5.41) is 2.60. The molecule has 1 aromatic heterocycles. The molecule has 0 saturated carbocycles. The van der Waals surface area contributed by atoms with Gasteiger partial charge >= 0.3 is 0 Å². The van der Waals surface area contributed by atoms with Gasteiger partial charge in [-0.05, 0) is 199 Å². The van der Waals surface area contributed by atoms with E-state index in [4.69, 9.17) is 4.74 Å². The van der Waals surface area contributed by atoms with E-state index in [0.29, 0.717) is 35.5 Å². The van der Waals surface area contributed by atoms with E-state index in [1.165, 1.54) is 114 Å². The summed E-state index contributed by atoms with van der Waals surface area (Å²) in [4.78, 5) is 2.65. The first kappa shape index (κ1) is 56.8. The quantitative estimate of drug-likeness (QED) is 0.0594. The highest BCUT2D eigenvalue weighted by Crippen LogP contribution is 2.67. The highest BCUT2D eigenvalue weighted by atomic mass is 16.5. The molecule has 0 N–H and O–H groups in total. The third-order valence-electron chi connectivity index (χ3n) is 21.4. The molecule has 3 nitrogen and oxygen atoms in total. The summed E-state index contributed by atoms with van der Waals surface area (Å²) in [6, 6.07) is 42.7. The fourth-order valence-electron chi connectivity index (χ4n) is 16.6. The Hall–Kier alpha value is -8.66. The fraction of sp³-hybridized carbons (Fsp3) is 0.279. The molecular formula is C86H84N2O. The van der Waals surface area contributed by atoms with Gasteiger partial charge in [0.25, 0.3) is 0 Å². The molecule has 0 amide bonds. The minimum Gasteiger partial charge on any atom is -0.494 e. The minimum atomic E-state index is -0.148. The average molecular weight is 1160 g/mol. The number of allylic oxidation sites excluding steroid dienone is 27. The lowest BCUT2D eigenvalue weighted by Gasteiger charge is -2.37. The number of hydrogen-bond donors (Lipinski definition) is 0. The number of aromatic nitrogens is 1. The van der Waals surface area contributed by atoms with Crippen LogP contribution in [-0.4, -0.2) is 11.2 Å². The van der Waals surface area contributed by atoms with E-state index in [2.05, 4.69) is 267 Å². The van der Waals surface area contributed by atoms with Crippen LogP contribution in [0.15, 0.2) is 289 Å². The lowest BCUT2D eigenvalue weighted by atomic mass is 9.68. The molecule has 9 aliphatic rings. The van der Waals surface area contributed by atoms with Gasteiger partial charge in [-0.2, -0.15) is 0 Å². The zero-order valence-electron chi connectivity index (χ0n) is 52.2. The van der Waals surface area contributed by atoms with Crippen molar-refractivity contribution in [1.29, 1.82) is 0 Å². The topological polar surface area (TPSA) is 17.4 Å². The molecule has 5 aromatic carbocycles. The van der Waals surface area contributed by atoms with Crippen molar-refractivity contribution in [2.75, 3.05) is 11.5 Å². The molecule has 0 aliphatic heterocycles. The Morgan fingerprint density at radius 2 is 1.44 bits per heavy atom. The molecule has 8 unspecified atom stereocenters. The molecule has 9 aliphatic carbocycles. The predicted molar refractivity (Wildman–Crippen MR) is 376 cm³/mol. The maximum Gasteiger partial charge on any atom is 0.115 e. The van der Waals surface area contributed by atoms with Gasteiger partial charge in [0.05, 0.1) is 18.3 Å². The minimum absolute atomic E-state index is 0.148. The number of anilines is 1. The van der Waals surface area contributed by atoms with Crippen molar-refractivity contribution in [3.63, 3.8) is 0 Å². The number of nitrogens with zero attached hydrogens (tertiary/aromatic N) is 2. The Morgan fingerprint density at radius 1 is 0.663 bits per heavy atom. The van der Waals surface area contributed by atoms with Gasteiger partial charge in [0.1, 0.15) is 5.76 Å². The van der Waals surface area contributed by atoms with Crippen molar-refractivity contribution in [1.82, 2.24) is 4.57 Å². The van der Waals surface area contributed by atoms with Crippen LogP contribution >= 0.6 is 0 Å². The van der Waals surface area contributed by atoms with Gasteiger partial charge < -0.3 is 14.2 Å². The predicted octanol–water partition coefficient (Wildman–Crippen LogP) is 22.4. The van der Waals surface area contributed by atoms with Crippen LogP contribution in [0.4, 0.5) is 5.69 Å². The molecule has 0 spiro atoms. The van der Waals surface area contributed by atoms with Gasteiger partial charge in [-0.3, -0.25) is 0 Å². The number of ether oxygens (including phenoxy) is 1. The van der Waals surface area contributed by atoms with Gasteiger partial charge in [-0.25, -0.2) is 0 Å². The molecule has 0 fully saturated rings. The fourth-order valence-corrected chi connectivity index (χ4v) is 16.6. The van der Waals surface area contributed by atoms with E-state index >= 15 is 0 Å². The lowest BCUT2D eigenvalue weighted by molar-refractivity contribution is 0.162. The van der Waals surface area contributed by atoms with E-state index in [9.17, 15) is 0 Å². The number of rotatable bonds is 19. The average Bonchev–Trinajstić information content (AvgIpc) is 1.51. The van der Waals surface area contributed by atoms with E-state index in [-0.39, 0.29) is 11.5 Å². The summed E-state index contributed by atoms with van der Waals surface area (Å²) < 4.78 is 9.18. The summed E-state index contributed by atoms with van der Waals surface area (Å²) >= 11 is 0. The Labute approximate surface area is 529 Å². The molecule has 0 bridgehead atoms. The Bertz CT molecular complexity index is 4270. The maximum atomic E-state index is 6.61. The van der Waals surface area contributed by atoms with Crippen LogP contribution in [0.1, 0.15) is 130 Å². The summed E-state index contributed by atoms with van der Waals surface area (Å²) in [6.45, 7) is 13.5. The molecule has 6 aromatic rings. The maximum absolute atomic E-state index is 6.61. The second kappa shape index (κ2) is 24.4. The van der Waals surface area contributed by atoms with Crippen molar-refractivity contribution in [3.8, 4) is 11.1 Å². The molecular weight excluding hydrogens is 1080 g/mol. The SMILES string of the molecule is C=CC1C=CC(c2ccc3c(c2)c2cc(-c4ccc(N(C5=CCC(c6ccccc6)C=C5)C5=CCC6C7=C(C=CCC7)C7(CCCCC(CC)COC8=CCC(C9=CCC(C=C)C=C9)C=C8)C6=C5c5ccc(C)cc57)cc4)ccc2n3C2C=CC=CC2)=CC1. The van der Waals surface area contributed by atoms with Crippen LogP contribution in [-0.2, 0) is 10.2 Å². The van der Waals surface area contributed by atoms with E-state index < -0.39 is 0 Å². The first-order valence-electron chi connectivity index (χ1n) is 33.6. The normalized spacial score (nSPS) is 24.9. The molecule has 1 heterocycles. The Kier molecular flexibility index (Phi) is 15.6. The molecule has 444 valence electrons. The zero-order chi connectivity index (χ0) is 60.0. The number of aryl methyl sites for hydroxylation is 1. The highest BCUT2D eigenvalue weighted by molar-refractivity contribution is 6.10. The smallest absolute Gasteiger partial charge is 0.115 e. The highest BCUT2D eigenvalue weighted by Gasteiger charge is 2.57. The van der Waals surface area contributed by atoms with Crippen LogP contribution in [0.5, 0.6) is 0 Å². The third kappa shape index (κ3) is 10.4. The van der Waals surface area contributed by atoms with Crippen LogP contribution in [0, 0.1) is 36.5 Å². The molecule has 3 heteroatoms. The van der Waals surface area contributed by atoms with Crippen LogP contribution in [0.25, 0.3) is 44.1 Å². The van der Waals surface area contributed by atoms with Gasteiger partial charge in [-0.15, -0.1) is 13.2 Å². The molecule has 0 saturated heterocycles. The summed E-state index contributed by atoms with van der Waals surface area (Å²) in [6.07, 6.45) is 63.2. The van der Waals surface area contributed by atoms with Gasteiger partial charge in [-0.1, -0.05) is 219 Å². The van der Waals surface area contributed by atoms with Crippen LogP contribution < -0.4 is 4.90 Å². The molecule has 8 atom stereocenters. The summed E-state index contributed by atoms with van der Waals surface area (Å²) in [5.74, 6) is 3.57. The third-order valence-corrected chi connectivity index (χ3v) is 21.4. The number of unbranched alkanes of at least 4 members (excludes halogenated alkanes) is 1.